The van der Waals surface area contributed by atoms with E-state index in [2.05, 4.69) is 0 Å². The zero-order valence-electron chi connectivity index (χ0n) is 29.6. The third-order valence-electron chi connectivity index (χ3n) is 9.22. The maximum Gasteiger partial charge on any atom is 0.338 e. The molecule has 10 N–H and O–H groups in total. The number of hydrogen-bond donors (Lipinski definition) is 10. The van der Waals surface area contributed by atoms with Gasteiger partial charge in [-0.25, -0.2) is 4.79 Å². The van der Waals surface area contributed by atoms with Crippen LogP contribution < -0.4 is 19.6 Å². The Balaban J connectivity index is 1.23. The highest BCUT2D eigenvalue weighted by Gasteiger charge is 2.49. The molecule has 10 atom stereocenters. The van der Waals surface area contributed by atoms with Crippen LogP contribution in [0.15, 0.2) is 51.7 Å². The van der Waals surface area contributed by atoms with Crippen LogP contribution in [0.5, 0.6) is 46.0 Å². The Labute approximate surface area is 315 Å². The second kappa shape index (κ2) is 15.9. The number of aliphatic hydroxyl groups excluding tert-OH is 5. The van der Waals surface area contributed by atoms with Crippen molar-refractivity contribution in [3.63, 3.8) is 0 Å². The molecule has 20 heteroatoms. The summed E-state index contributed by atoms with van der Waals surface area (Å²) >= 11 is 0. The van der Waals surface area contributed by atoms with Crippen molar-refractivity contribution < 1.29 is 93.4 Å². The van der Waals surface area contributed by atoms with E-state index in [9.17, 15) is 60.7 Å². The van der Waals surface area contributed by atoms with Gasteiger partial charge in [-0.2, -0.15) is 0 Å². The van der Waals surface area contributed by atoms with Gasteiger partial charge in [0.2, 0.25) is 23.2 Å². The maximum atomic E-state index is 13.8. The van der Waals surface area contributed by atoms with E-state index in [1.165, 1.54) is 27.2 Å². The summed E-state index contributed by atoms with van der Waals surface area (Å²) in [5, 5.41) is 105. The first-order chi connectivity index (χ1) is 26.5. The molecule has 1 aromatic heterocycles. The van der Waals surface area contributed by atoms with Crippen LogP contribution in [-0.4, -0.2) is 139 Å². The maximum absolute atomic E-state index is 13.8. The molecule has 3 aromatic carbocycles. The summed E-state index contributed by atoms with van der Waals surface area (Å²) in [7, 11) is 2.47. The normalized spacial score (nSPS) is 27.8. The molecule has 56 heavy (non-hydrogen) atoms. The monoisotopic (exact) mass is 790 g/mol. The molecule has 0 radical (unpaired) electrons. The van der Waals surface area contributed by atoms with E-state index in [4.69, 9.17) is 37.6 Å². The smallest absolute Gasteiger partial charge is 0.338 e. The third kappa shape index (κ3) is 7.51. The van der Waals surface area contributed by atoms with Crippen LogP contribution in [0.4, 0.5) is 0 Å². The van der Waals surface area contributed by atoms with Crippen molar-refractivity contribution in [3.8, 4) is 57.3 Å². The number of aliphatic hydroxyl groups is 5. The van der Waals surface area contributed by atoms with Crippen LogP contribution in [0.25, 0.3) is 22.3 Å². The molecule has 0 aliphatic carbocycles. The molecule has 0 spiro atoms. The molecule has 4 aromatic rings. The van der Waals surface area contributed by atoms with Gasteiger partial charge in [-0.15, -0.1) is 0 Å². The Morgan fingerprint density at radius 3 is 2.07 bits per heavy atom. The highest BCUT2D eigenvalue weighted by molar-refractivity contribution is 5.91. The number of methoxy groups -OCH3 is 2. The van der Waals surface area contributed by atoms with Gasteiger partial charge in [0.1, 0.15) is 59.1 Å². The van der Waals surface area contributed by atoms with Crippen LogP contribution in [0, 0.1) is 0 Å². The molecule has 0 amide bonds. The predicted molar refractivity (Wildman–Crippen MR) is 185 cm³/mol. The predicted octanol–water partition coefficient (Wildman–Crippen LogP) is -0.0996. The molecule has 2 saturated heterocycles. The van der Waals surface area contributed by atoms with E-state index in [0.717, 1.165) is 36.4 Å². The number of aromatic hydroxyl groups is 5. The third-order valence-corrected chi connectivity index (χ3v) is 9.22. The summed E-state index contributed by atoms with van der Waals surface area (Å²) in [5.74, 6) is -5.25. The number of rotatable bonds is 10. The van der Waals surface area contributed by atoms with Crippen LogP contribution >= 0.6 is 0 Å². The zero-order valence-corrected chi connectivity index (χ0v) is 29.6. The van der Waals surface area contributed by atoms with E-state index in [0.29, 0.717) is 0 Å². The van der Waals surface area contributed by atoms with Gasteiger partial charge in [-0.1, -0.05) is 0 Å². The van der Waals surface area contributed by atoms with Crippen LogP contribution in [0.3, 0.4) is 0 Å². The Bertz CT molecular complexity index is 2130. The molecule has 0 unspecified atom stereocenters. The molecule has 6 rings (SSSR count). The molecule has 0 bridgehead atoms. The first-order valence-electron chi connectivity index (χ1n) is 16.7. The van der Waals surface area contributed by atoms with Crippen molar-refractivity contribution in [2.75, 3.05) is 20.8 Å². The lowest BCUT2D eigenvalue weighted by Crippen LogP contribution is -2.62. The van der Waals surface area contributed by atoms with E-state index in [1.54, 1.807) is 0 Å². The number of phenols is 5. The summed E-state index contributed by atoms with van der Waals surface area (Å²) in [6.07, 6.45) is -17.4. The quantitative estimate of drug-likeness (QED) is 0.0741. The lowest BCUT2D eigenvalue weighted by atomic mass is 9.98. The fraction of sp³-hybridized carbons (Fsp3) is 0.389. The van der Waals surface area contributed by atoms with Crippen molar-refractivity contribution >= 4 is 16.9 Å². The standard InChI is InChI=1S/C36H38O20/c1-12-24(41)32(55-34(48)14-7-20(49-2)25(42)21(8-14)50-3)30(47)35(52-12)51-11-22-26(43)28(45)29(46)36(54-22)56-33-27(44)23-18(40)9-15(37)10-19(23)53-31(33)13-4-5-16(38)17(39)6-13/h4-10,12,22,24,26,28-30,32,35-43,45-47H,11H2,1-3H3/t12-,22+,24-,26+,28-,29+,30+,32+,35+,36-/m0/s1. The minimum absolute atomic E-state index is 0.0680. The van der Waals surface area contributed by atoms with Crippen LogP contribution in [-0.2, 0) is 18.9 Å². The van der Waals surface area contributed by atoms with Gasteiger partial charge in [-0.05, 0) is 37.3 Å². The van der Waals surface area contributed by atoms with Gasteiger partial charge in [0, 0.05) is 17.7 Å². The average molecular weight is 791 g/mol. The van der Waals surface area contributed by atoms with Gasteiger partial charge in [0.25, 0.3) is 0 Å². The molecule has 2 aliphatic heterocycles. The fourth-order valence-electron chi connectivity index (χ4n) is 6.16. The van der Waals surface area contributed by atoms with Gasteiger partial charge in [0.05, 0.1) is 32.5 Å². The van der Waals surface area contributed by atoms with Crippen molar-refractivity contribution in [1.29, 1.82) is 0 Å². The van der Waals surface area contributed by atoms with E-state index >= 15 is 0 Å². The first-order valence-corrected chi connectivity index (χ1v) is 16.7. The summed E-state index contributed by atoms with van der Waals surface area (Å²) in [6, 6.07) is 7.43. The SMILES string of the molecule is COc1cc(C(=O)O[C@@H]2[C@@H](O)[C@H](C)O[C@@H](OC[C@H]3O[C@@H](Oc4c(-c5ccc(O)c(O)c5)oc5cc(O)cc(O)c5c4=O)[C@H](O)[C@@H](O)[C@@H]3O)[C@@H]2O)cc(OC)c1O. The number of benzene rings is 3. The number of esters is 1. The molecule has 20 nitrogen and oxygen atoms in total. The van der Waals surface area contributed by atoms with Crippen molar-refractivity contribution in [2.45, 2.75) is 68.3 Å². The molecule has 3 heterocycles. The number of carbonyl (C=O) groups excluding carboxylic acids is 1. The number of carbonyl (C=O) groups is 1. The van der Waals surface area contributed by atoms with Crippen LogP contribution in [0.1, 0.15) is 17.3 Å². The zero-order chi connectivity index (χ0) is 40.7. The van der Waals surface area contributed by atoms with Crippen molar-refractivity contribution in [1.82, 2.24) is 0 Å². The van der Waals surface area contributed by atoms with E-state index < -0.39 is 125 Å². The molecular formula is C36H38O20. The van der Waals surface area contributed by atoms with Crippen molar-refractivity contribution in [2.24, 2.45) is 0 Å². The number of ether oxygens (including phenoxy) is 7. The highest BCUT2D eigenvalue weighted by Crippen LogP contribution is 2.40. The number of phenolic OH excluding ortho intramolecular Hbond substituents is 5. The molecular weight excluding hydrogens is 752 g/mol. The molecule has 0 saturated carbocycles. The van der Waals surface area contributed by atoms with E-state index in [-0.39, 0.29) is 28.2 Å². The Morgan fingerprint density at radius 1 is 0.750 bits per heavy atom. The topological polar surface area (TPSA) is 314 Å². The van der Waals surface area contributed by atoms with Crippen molar-refractivity contribution in [3.05, 3.63) is 58.3 Å². The fourth-order valence-corrected chi connectivity index (χ4v) is 6.16. The minimum Gasteiger partial charge on any atom is -0.508 e. The van der Waals surface area contributed by atoms with Gasteiger partial charge >= 0.3 is 5.97 Å². The lowest BCUT2D eigenvalue weighted by Gasteiger charge is -2.43. The van der Waals surface area contributed by atoms with Gasteiger partial charge in [-0.3, -0.25) is 4.79 Å². The average Bonchev–Trinajstić information content (AvgIpc) is 3.16. The summed E-state index contributed by atoms with van der Waals surface area (Å²) in [4.78, 5) is 26.9. The Kier molecular flexibility index (Phi) is 11.4. The van der Waals surface area contributed by atoms with E-state index in [1.807, 2.05) is 0 Å². The molecule has 2 aliphatic rings. The Hall–Kier alpha value is -5.58. The van der Waals surface area contributed by atoms with Gasteiger partial charge < -0.3 is 88.6 Å². The second-order valence-electron chi connectivity index (χ2n) is 12.9. The second-order valence-corrected chi connectivity index (χ2v) is 12.9. The first kappa shape index (κ1) is 40.1. The highest BCUT2D eigenvalue weighted by atomic mass is 16.7. The number of fused-ring (bicyclic) bond motifs is 1. The Morgan fingerprint density at radius 2 is 1.43 bits per heavy atom. The van der Waals surface area contributed by atoms with Crippen LogP contribution in [0.2, 0.25) is 0 Å². The summed E-state index contributed by atoms with van der Waals surface area (Å²) in [5.41, 5.74) is -1.64. The van der Waals surface area contributed by atoms with Gasteiger partial charge in [0.15, 0.2) is 41.2 Å². The summed E-state index contributed by atoms with van der Waals surface area (Å²) < 4.78 is 44.0. The summed E-state index contributed by atoms with van der Waals surface area (Å²) in [6.45, 7) is 0.670. The number of hydrogen-bond acceptors (Lipinski definition) is 20. The lowest BCUT2D eigenvalue weighted by molar-refractivity contribution is -0.318. The molecule has 302 valence electrons. The largest absolute Gasteiger partial charge is 0.508 e. The molecule has 2 fully saturated rings. The minimum atomic E-state index is -2.04.